The Bertz CT molecular complexity index is 1050. The lowest BCUT2D eigenvalue weighted by Gasteiger charge is -2.64. The van der Waals surface area contributed by atoms with Crippen molar-refractivity contribution >= 4 is 12.6 Å². The van der Waals surface area contributed by atoms with Crippen LogP contribution in [-0.2, 0) is 20.6 Å². The SMILES string of the molecule is COCOc1cc(C=O)c(C=O)c2c1C[C@@]1(O2)[C@H](C)CC[C@H]2C(C)(C)[C@@H]3OC(C)(C)O[C@@H]3C[C@@]21C. The average molecular weight is 487 g/mol. The van der Waals surface area contributed by atoms with E-state index in [-0.39, 0.29) is 41.3 Å². The monoisotopic (exact) mass is 486 g/mol. The highest BCUT2D eigenvalue weighted by molar-refractivity contribution is 5.95. The molecule has 0 N–H and O–H groups in total. The lowest BCUT2D eigenvalue weighted by Crippen LogP contribution is -2.69. The third kappa shape index (κ3) is 3.34. The number of rotatable bonds is 5. The Morgan fingerprint density at radius 1 is 1.09 bits per heavy atom. The first-order valence-corrected chi connectivity index (χ1v) is 12.7. The molecule has 2 aliphatic heterocycles. The number of hydrogen-bond donors (Lipinski definition) is 0. The van der Waals surface area contributed by atoms with Crippen molar-refractivity contribution in [1.29, 1.82) is 0 Å². The van der Waals surface area contributed by atoms with Gasteiger partial charge in [0.2, 0.25) is 0 Å². The Labute approximate surface area is 207 Å². The summed E-state index contributed by atoms with van der Waals surface area (Å²) in [6, 6.07) is 1.64. The molecule has 2 heterocycles. The molecule has 0 unspecified atom stereocenters. The van der Waals surface area contributed by atoms with E-state index in [1.54, 1.807) is 13.2 Å². The number of hydrogen-bond acceptors (Lipinski definition) is 7. The molecule has 3 fully saturated rings. The maximum Gasteiger partial charge on any atom is 0.188 e. The number of fused-ring (bicyclic) bond motifs is 4. The summed E-state index contributed by atoms with van der Waals surface area (Å²) < 4.78 is 30.9. The number of ether oxygens (including phenoxy) is 5. The Hall–Kier alpha value is -1.96. The molecule has 7 nitrogen and oxygen atoms in total. The summed E-state index contributed by atoms with van der Waals surface area (Å²) in [4.78, 5) is 24.0. The lowest BCUT2D eigenvalue weighted by molar-refractivity contribution is -0.219. The molecular formula is C28H38O7. The van der Waals surface area contributed by atoms with Gasteiger partial charge in [0.1, 0.15) is 17.1 Å². The van der Waals surface area contributed by atoms with Crippen LogP contribution >= 0.6 is 0 Å². The van der Waals surface area contributed by atoms with Gasteiger partial charge in [-0.2, -0.15) is 0 Å². The Kier molecular flexibility index (Phi) is 5.67. The maximum atomic E-state index is 12.2. The minimum atomic E-state index is -0.626. The predicted molar refractivity (Wildman–Crippen MR) is 129 cm³/mol. The van der Waals surface area contributed by atoms with E-state index in [1.807, 2.05) is 13.8 Å². The zero-order valence-electron chi connectivity index (χ0n) is 21.9. The van der Waals surface area contributed by atoms with E-state index in [0.717, 1.165) is 31.1 Å². The van der Waals surface area contributed by atoms with Gasteiger partial charge in [0.15, 0.2) is 25.2 Å². The van der Waals surface area contributed by atoms with E-state index in [2.05, 4.69) is 27.7 Å². The fourth-order valence-corrected chi connectivity index (χ4v) is 8.11. The van der Waals surface area contributed by atoms with Crippen LogP contribution in [0.4, 0.5) is 0 Å². The molecule has 0 radical (unpaired) electrons. The van der Waals surface area contributed by atoms with Gasteiger partial charge in [0, 0.05) is 30.1 Å². The number of benzene rings is 1. The predicted octanol–water partition coefficient (Wildman–Crippen LogP) is 4.97. The number of carbonyl (C=O) groups is 2. The molecule has 1 saturated heterocycles. The van der Waals surface area contributed by atoms with Crippen LogP contribution in [0.2, 0.25) is 0 Å². The van der Waals surface area contributed by atoms with Crippen molar-refractivity contribution in [2.24, 2.45) is 22.7 Å². The van der Waals surface area contributed by atoms with Crippen molar-refractivity contribution < 1.29 is 33.3 Å². The molecule has 1 spiro atoms. The second-order valence-corrected chi connectivity index (χ2v) is 12.2. The number of aldehydes is 2. The summed E-state index contributed by atoms with van der Waals surface area (Å²) in [7, 11) is 1.55. The first-order chi connectivity index (χ1) is 16.4. The second-order valence-electron chi connectivity index (χ2n) is 12.2. The highest BCUT2D eigenvalue weighted by Gasteiger charge is 2.71. The molecule has 1 aromatic rings. The molecule has 1 aromatic carbocycles. The van der Waals surface area contributed by atoms with Crippen molar-refractivity contribution in [1.82, 2.24) is 0 Å². The molecule has 192 valence electrons. The highest BCUT2D eigenvalue weighted by Crippen LogP contribution is 2.68. The van der Waals surface area contributed by atoms with Gasteiger partial charge in [0.05, 0.1) is 17.8 Å². The van der Waals surface area contributed by atoms with Crippen molar-refractivity contribution in [3.05, 3.63) is 22.8 Å². The minimum Gasteiger partial charge on any atom is -0.485 e. The first kappa shape index (κ1) is 24.7. The summed E-state index contributed by atoms with van der Waals surface area (Å²) in [5.41, 5.74) is 0.453. The summed E-state index contributed by atoms with van der Waals surface area (Å²) in [6.45, 7) is 13.2. The fraction of sp³-hybridized carbons (Fsp3) is 0.714. The van der Waals surface area contributed by atoms with E-state index in [4.69, 9.17) is 23.7 Å². The Balaban J connectivity index is 1.65. The molecule has 4 aliphatic rings. The van der Waals surface area contributed by atoms with Crippen LogP contribution in [0, 0.1) is 22.7 Å². The molecule has 0 aromatic heterocycles. The molecule has 5 rings (SSSR count). The molecule has 0 amide bonds. The van der Waals surface area contributed by atoms with E-state index in [1.165, 1.54) is 0 Å². The van der Waals surface area contributed by atoms with E-state index >= 15 is 0 Å². The van der Waals surface area contributed by atoms with Crippen LogP contribution < -0.4 is 9.47 Å². The largest absolute Gasteiger partial charge is 0.485 e. The zero-order valence-corrected chi connectivity index (χ0v) is 21.9. The Morgan fingerprint density at radius 2 is 1.83 bits per heavy atom. The third-order valence-electron chi connectivity index (χ3n) is 9.57. The van der Waals surface area contributed by atoms with Crippen molar-refractivity contribution in [2.45, 2.75) is 90.8 Å². The normalized spacial score (nSPS) is 38.3. The molecule has 35 heavy (non-hydrogen) atoms. The number of methoxy groups -OCH3 is 1. The zero-order chi connectivity index (χ0) is 25.4. The van der Waals surface area contributed by atoms with Crippen LogP contribution in [0.3, 0.4) is 0 Å². The van der Waals surface area contributed by atoms with Gasteiger partial charge in [-0.05, 0) is 56.4 Å². The van der Waals surface area contributed by atoms with Gasteiger partial charge in [-0.25, -0.2) is 0 Å². The van der Waals surface area contributed by atoms with Crippen LogP contribution in [-0.4, -0.2) is 50.1 Å². The van der Waals surface area contributed by atoms with E-state index in [0.29, 0.717) is 35.7 Å². The lowest BCUT2D eigenvalue weighted by atomic mass is 9.43. The van der Waals surface area contributed by atoms with E-state index < -0.39 is 11.4 Å². The summed E-state index contributed by atoms with van der Waals surface area (Å²) in [5, 5.41) is 0. The summed E-state index contributed by atoms with van der Waals surface area (Å²) in [5.74, 6) is 0.952. The number of carbonyl (C=O) groups excluding carboxylic acids is 2. The summed E-state index contributed by atoms with van der Waals surface area (Å²) >= 11 is 0. The van der Waals surface area contributed by atoms with Crippen molar-refractivity contribution in [3.8, 4) is 11.5 Å². The van der Waals surface area contributed by atoms with Crippen LogP contribution in [0.25, 0.3) is 0 Å². The van der Waals surface area contributed by atoms with Gasteiger partial charge >= 0.3 is 0 Å². The smallest absolute Gasteiger partial charge is 0.188 e. The third-order valence-corrected chi connectivity index (χ3v) is 9.57. The highest BCUT2D eigenvalue weighted by atomic mass is 16.8. The van der Waals surface area contributed by atoms with Crippen molar-refractivity contribution in [3.63, 3.8) is 0 Å². The first-order valence-electron chi connectivity index (χ1n) is 12.7. The standard InChI is InChI=1S/C28H38O7/c1-16-8-9-22-25(2,3)24-21(33-26(4,5)35-24)12-27(22,6)28(16)11-18-20(32-15-31-7)10-17(13-29)19(14-30)23(18)34-28/h10,13-14,16,21-22,24H,8-9,11-12,15H2,1-7H3/t16-,21-,22+,24-,27+,28-/m1/s1. The molecule has 2 saturated carbocycles. The van der Waals surface area contributed by atoms with Crippen LogP contribution in [0.5, 0.6) is 11.5 Å². The van der Waals surface area contributed by atoms with Gasteiger partial charge in [-0.3, -0.25) is 9.59 Å². The van der Waals surface area contributed by atoms with Gasteiger partial charge < -0.3 is 23.7 Å². The maximum absolute atomic E-state index is 12.2. The van der Waals surface area contributed by atoms with Crippen LogP contribution in [0.15, 0.2) is 6.07 Å². The Morgan fingerprint density at radius 3 is 2.49 bits per heavy atom. The van der Waals surface area contributed by atoms with Crippen LogP contribution in [0.1, 0.15) is 87.1 Å². The fourth-order valence-electron chi connectivity index (χ4n) is 8.11. The van der Waals surface area contributed by atoms with Gasteiger partial charge in [-0.15, -0.1) is 0 Å². The van der Waals surface area contributed by atoms with Gasteiger partial charge in [-0.1, -0.05) is 27.7 Å². The molecular weight excluding hydrogens is 448 g/mol. The molecule has 7 heteroatoms. The average Bonchev–Trinajstić information content (AvgIpc) is 3.34. The summed E-state index contributed by atoms with van der Waals surface area (Å²) in [6.07, 6.45) is 4.87. The van der Waals surface area contributed by atoms with Gasteiger partial charge in [0.25, 0.3) is 0 Å². The van der Waals surface area contributed by atoms with E-state index in [9.17, 15) is 9.59 Å². The second kappa shape index (κ2) is 8.02. The quantitative estimate of drug-likeness (QED) is 0.429. The molecule has 0 bridgehead atoms. The topological polar surface area (TPSA) is 80.3 Å². The molecule has 6 atom stereocenters. The molecule has 2 aliphatic carbocycles. The van der Waals surface area contributed by atoms with Crippen molar-refractivity contribution in [2.75, 3.05) is 13.9 Å². The minimum absolute atomic E-state index is 0.0117.